The molecule has 1 N–H and O–H groups in total. The quantitative estimate of drug-likeness (QED) is 0.906. The Kier molecular flexibility index (Phi) is 3.42. The number of hydrogen-bond donors (Lipinski definition) is 1. The van der Waals surface area contributed by atoms with Crippen LogP contribution in [0.3, 0.4) is 0 Å². The molecule has 0 radical (unpaired) electrons. The zero-order valence-corrected chi connectivity index (χ0v) is 11.4. The van der Waals surface area contributed by atoms with Crippen molar-refractivity contribution in [2.45, 2.75) is 13.3 Å². The van der Waals surface area contributed by atoms with E-state index in [-0.39, 0.29) is 11.8 Å². The Balaban J connectivity index is 1.61. The van der Waals surface area contributed by atoms with E-state index in [9.17, 15) is 4.79 Å². The zero-order chi connectivity index (χ0) is 13.9. The van der Waals surface area contributed by atoms with Crippen LogP contribution in [0.15, 0.2) is 54.6 Å². The molecule has 3 rings (SSSR count). The number of para-hydroxylation sites is 1. The van der Waals surface area contributed by atoms with Gasteiger partial charge in [0.25, 0.3) is 0 Å². The molecule has 1 saturated carbocycles. The van der Waals surface area contributed by atoms with Crippen molar-refractivity contribution in [2.75, 3.05) is 5.32 Å². The van der Waals surface area contributed by atoms with Crippen molar-refractivity contribution in [1.82, 2.24) is 0 Å². The van der Waals surface area contributed by atoms with Crippen LogP contribution < -0.4 is 10.1 Å². The Hall–Kier alpha value is -2.29. The number of anilines is 1. The fourth-order valence-corrected chi connectivity index (χ4v) is 2.15. The Labute approximate surface area is 118 Å². The van der Waals surface area contributed by atoms with Gasteiger partial charge in [0, 0.05) is 11.6 Å². The molecule has 1 aliphatic carbocycles. The van der Waals surface area contributed by atoms with Crippen molar-refractivity contribution in [3.8, 4) is 11.5 Å². The smallest absolute Gasteiger partial charge is 0.227 e. The summed E-state index contributed by atoms with van der Waals surface area (Å²) in [5.41, 5.74) is 0.814. The first-order chi connectivity index (χ1) is 9.72. The summed E-state index contributed by atoms with van der Waals surface area (Å²) in [6, 6.07) is 17.1. The van der Waals surface area contributed by atoms with Crippen LogP contribution in [0.2, 0.25) is 0 Å². The van der Waals surface area contributed by atoms with Crippen LogP contribution >= 0.6 is 0 Å². The predicted molar refractivity (Wildman–Crippen MR) is 78.9 cm³/mol. The van der Waals surface area contributed by atoms with Gasteiger partial charge in [-0.25, -0.2) is 0 Å². The number of carbonyl (C=O) groups is 1. The minimum Gasteiger partial charge on any atom is -0.457 e. The van der Waals surface area contributed by atoms with Crippen molar-refractivity contribution in [2.24, 2.45) is 11.8 Å². The molecule has 20 heavy (non-hydrogen) atoms. The molecule has 0 heterocycles. The maximum absolute atomic E-state index is 11.8. The third-order valence-corrected chi connectivity index (χ3v) is 3.55. The van der Waals surface area contributed by atoms with Gasteiger partial charge in [-0.1, -0.05) is 25.1 Å². The fraction of sp³-hybridized carbons (Fsp3) is 0.235. The molecular weight excluding hydrogens is 250 g/mol. The zero-order valence-electron chi connectivity index (χ0n) is 11.4. The van der Waals surface area contributed by atoms with E-state index in [1.165, 1.54) is 0 Å². The minimum absolute atomic E-state index is 0.120. The van der Waals surface area contributed by atoms with E-state index in [1.807, 2.05) is 54.6 Å². The van der Waals surface area contributed by atoms with Gasteiger partial charge >= 0.3 is 0 Å². The molecule has 2 atom stereocenters. The molecule has 0 unspecified atom stereocenters. The summed E-state index contributed by atoms with van der Waals surface area (Å²) in [7, 11) is 0. The lowest BCUT2D eigenvalue weighted by molar-refractivity contribution is -0.117. The van der Waals surface area contributed by atoms with E-state index in [4.69, 9.17) is 4.74 Å². The Morgan fingerprint density at radius 1 is 1.05 bits per heavy atom. The summed E-state index contributed by atoms with van der Waals surface area (Å²) in [6.45, 7) is 2.10. The molecule has 0 aromatic heterocycles. The molecular formula is C17H17NO2. The van der Waals surface area contributed by atoms with E-state index in [2.05, 4.69) is 12.2 Å². The highest BCUT2D eigenvalue weighted by Gasteiger charge is 2.38. The average Bonchev–Trinajstić information content (AvgIpc) is 3.19. The monoisotopic (exact) mass is 267 g/mol. The highest BCUT2D eigenvalue weighted by Crippen LogP contribution is 2.38. The van der Waals surface area contributed by atoms with Gasteiger partial charge < -0.3 is 10.1 Å². The molecule has 0 saturated heterocycles. The SMILES string of the molecule is C[C@H]1C[C@H]1C(=O)Nc1ccc(Oc2ccccc2)cc1. The second-order valence-electron chi connectivity index (χ2n) is 5.25. The molecule has 0 bridgehead atoms. The second-order valence-corrected chi connectivity index (χ2v) is 5.25. The van der Waals surface area contributed by atoms with Crippen molar-refractivity contribution < 1.29 is 9.53 Å². The Morgan fingerprint density at radius 2 is 1.65 bits per heavy atom. The lowest BCUT2D eigenvalue weighted by Gasteiger charge is -2.07. The van der Waals surface area contributed by atoms with Crippen LogP contribution in [0.25, 0.3) is 0 Å². The molecule has 102 valence electrons. The van der Waals surface area contributed by atoms with E-state index >= 15 is 0 Å². The topological polar surface area (TPSA) is 38.3 Å². The maximum Gasteiger partial charge on any atom is 0.227 e. The van der Waals surface area contributed by atoms with Crippen LogP contribution in [0.1, 0.15) is 13.3 Å². The van der Waals surface area contributed by atoms with Gasteiger partial charge in [0.1, 0.15) is 11.5 Å². The predicted octanol–water partition coefficient (Wildman–Crippen LogP) is 4.07. The Morgan fingerprint density at radius 3 is 2.25 bits per heavy atom. The third-order valence-electron chi connectivity index (χ3n) is 3.55. The van der Waals surface area contributed by atoms with Gasteiger partial charge in [0.05, 0.1) is 0 Å². The summed E-state index contributed by atoms with van der Waals surface area (Å²) in [5.74, 6) is 2.39. The average molecular weight is 267 g/mol. The number of rotatable bonds is 4. The number of ether oxygens (including phenoxy) is 1. The first-order valence-corrected chi connectivity index (χ1v) is 6.86. The Bertz CT molecular complexity index is 592. The molecule has 0 spiro atoms. The molecule has 1 fully saturated rings. The third kappa shape index (κ3) is 2.99. The molecule has 3 nitrogen and oxygen atoms in total. The van der Waals surface area contributed by atoms with Gasteiger partial charge in [-0.05, 0) is 48.7 Å². The molecule has 3 heteroatoms. The molecule has 2 aromatic rings. The highest BCUT2D eigenvalue weighted by molar-refractivity contribution is 5.94. The summed E-state index contributed by atoms with van der Waals surface area (Å²) < 4.78 is 5.70. The van der Waals surface area contributed by atoms with Gasteiger partial charge in [0.15, 0.2) is 0 Å². The second kappa shape index (κ2) is 5.37. The number of carbonyl (C=O) groups excluding carboxylic acids is 1. The van der Waals surface area contributed by atoms with Crippen LogP contribution in [-0.4, -0.2) is 5.91 Å². The van der Waals surface area contributed by atoms with Gasteiger partial charge in [0.2, 0.25) is 5.91 Å². The van der Waals surface area contributed by atoms with Gasteiger partial charge in [-0.3, -0.25) is 4.79 Å². The van der Waals surface area contributed by atoms with Crippen molar-refractivity contribution in [1.29, 1.82) is 0 Å². The van der Waals surface area contributed by atoms with Crippen LogP contribution in [0.5, 0.6) is 11.5 Å². The highest BCUT2D eigenvalue weighted by atomic mass is 16.5. The number of nitrogens with one attached hydrogen (secondary N) is 1. The summed E-state index contributed by atoms with van der Waals surface area (Å²) >= 11 is 0. The van der Waals surface area contributed by atoms with Crippen molar-refractivity contribution >= 4 is 11.6 Å². The van der Waals surface area contributed by atoms with Crippen LogP contribution in [-0.2, 0) is 4.79 Å². The van der Waals surface area contributed by atoms with Crippen LogP contribution in [0.4, 0.5) is 5.69 Å². The maximum atomic E-state index is 11.8. The van der Waals surface area contributed by atoms with E-state index in [1.54, 1.807) is 0 Å². The minimum atomic E-state index is 0.120. The fourth-order valence-electron chi connectivity index (χ4n) is 2.15. The first kappa shape index (κ1) is 12.7. The lowest BCUT2D eigenvalue weighted by atomic mass is 10.2. The first-order valence-electron chi connectivity index (χ1n) is 6.86. The van der Waals surface area contributed by atoms with Crippen molar-refractivity contribution in [3.63, 3.8) is 0 Å². The van der Waals surface area contributed by atoms with E-state index in [0.717, 1.165) is 23.6 Å². The van der Waals surface area contributed by atoms with Crippen LogP contribution in [0, 0.1) is 11.8 Å². The summed E-state index contributed by atoms with van der Waals surface area (Å²) in [6.07, 6.45) is 1.00. The number of benzene rings is 2. The molecule has 2 aromatic carbocycles. The summed E-state index contributed by atoms with van der Waals surface area (Å²) in [4.78, 5) is 11.8. The van der Waals surface area contributed by atoms with Gasteiger partial charge in [-0.15, -0.1) is 0 Å². The largest absolute Gasteiger partial charge is 0.457 e. The summed E-state index contributed by atoms with van der Waals surface area (Å²) in [5, 5.41) is 2.93. The van der Waals surface area contributed by atoms with E-state index < -0.39 is 0 Å². The normalized spacial score (nSPS) is 20.2. The standard InChI is InChI=1S/C17H17NO2/c1-12-11-16(12)17(19)18-13-7-9-15(10-8-13)20-14-5-3-2-4-6-14/h2-10,12,16H,11H2,1H3,(H,18,19)/t12-,16+/m0/s1. The van der Waals surface area contributed by atoms with E-state index in [0.29, 0.717) is 5.92 Å². The molecule has 1 aliphatic rings. The number of hydrogen-bond acceptors (Lipinski definition) is 2. The van der Waals surface area contributed by atoms with Crippen molar-refractivity contribution in [3.05, 3.63) is 54.6 Å². The molecule has 1 amide bonds. The molecule has 0 aliphatic heterocycles. The number of amides is 1. The lowest BCUT2D eigenvalue weighted by Crippen LogP contribution is -2.14. The van der Waals surface area contributed by atoms with Gasteiger partial charge in [-0.2, -0.15) is 0 Å².